The summed E-state index contributed by atoms with van der Waals surface area (Å²) < 4.78 is 39.9. The lowest BCUT2D eigenvalue weighted by molar-refractivity contribution is 0.401. The molecule has 7 heteroatoms. The molecule has 0 radical (unpaired) electrons. The molecule has 0 amide bonds. The van der Waals surface area contributed by atoms with Gasteiger partial charge in [-0.1, -0.05) is 41.9 Å². The van der Waals surface area contributed by atoms with Crippen molar-refractivity contribution in [2.24, 2.45) is 5.92 Å². The first-order valence-corrected chi connectivity index (χ1v) is 10.5. The van der Waals surface area contributed by atoms with Crippen molar-refractivity contribution < 1.29 is 17.9 Å². The molecule has 5 nitrogen and oxygen atoms in total. The van der Waals surface area contributed by atoms with Gasteiger partial charge in [0.1, 0.15) is 16.4 Å². The summed E-state index contributed by atoms with van der Waals surface area (Å²) in [5.74, 6) is 1.35. The zero-order valence-corrected chi connectivity index (χ0v) is 17.7. The van der Waals surface area contributed by atoms with Gasteiger partial charge in [0, 0.05) is 10.5 Å². The molecule has 0 saturated carbocycles. The van der Waals surface area contributed by atoms with Crippen molar-refractivity contribution >= 4 is 26.0 Å². The summed E-state index contributed by atoms with van der Waals surface area (Å²) in [6.07, 6.45) is 0.669. The molecule has 1 N–H and O–H groups in total. The van der Waals surface area contributed by atoms with Crippen molar-refractivity contribution in [2.75, 3.05) is 14.2 Å². The molecule has 0 fully saturated rings. The molecular weight excluding hydrogens is 418 g/mol. The zero-order valence-electron chi connectivity index (χ0n) is 15.3. The second-order valence-corrected chi connectivity index (χ2v) is 8.97. The molecule has 0 bridgehead atoms. The maximum atomic E-state index is 13.0. The molecule has 2 rings (SSSR count). The highest BCUT2D eigenvalue weighted by atomic mass is 79.9. The number of ether oxygens (including phenoxy) is 2. The molecule has 1 atom stereocenters. The highest BCUT2D eigenvalue weighted by Crippen LogP contribution is 2.30. The molecule has 0 aromatic heterocycles. The number of halogens is 1. The summed E-state index contributed by atoms with van der Waals surface area (Å²) in [5.41, 5.74) is 0.886. The van der Waals surface area contributed by atoms with Gasteiger partial charge in [0.2, 0.25) is 10.0 Å². The number of benzene rings is 2. The quantitative estimate of drug-likeness (QED) is 0.653. The van der Waals surface area contributed by atoms with E-state index in [1.807, 2.05) is 24.3 Å². The van der Waals surface area contributed by atoms with Crippen LogP contribution in [0, 0.1) is 5.92 Å². The van der Waals surface area contributed by atoms with E-state index in [1.54, 1.807) is 25.3 Å². The number of methoxy groups -OCH3 is 2. The number of hydrogen-bond donors (Lipinski definition) is 1. The predicted octanol–water partition coefficient (Wildman–Crippen LogP) is 4.53. The summed E-state index contributed by atoms with van der Waals surface area (Å²) in [5, 5.41) is 0. The Morgan fingerprint density at radius 2 is 1.69 bits per heavy atom. The molecular formula is C19H24BrNO4S. The molecule has 0 unspecified atom stereocenters. The van der Waals surface area contributed by atoms with Gasteiger partial charge >= 0.3 is 0 Å². The molecule has 0 saturated heterocycles. The van der Waals surface area contributed by atoms with Gasteiger partial charge in [-0.2, -0.15) is 0 Å². The predicted molar refractivity (Wildman–Crippen MR) is 106 cm³/mol. The van der Waals surface area contributed by atoms with Gasteiger partial charge in [-0.05, 0) is 48.2 Å². The fourth-order valence-electron chi connectivity index (χ4n) is 2.67. The summed E-state index contributed by atoms with van der Waals surface area (Å²) in [4.78, 5) is 0.108. The van der Waals surface area contributed by atoms with Crippen LogP contribution in [0.1, 0.15) is 31.9 Å². The van der Waals surface area contributed by atoms with Crippen LogP contribution in [0.15, 0.2) is 51.8 Å². The zero-order chi connectivity index (χ0) is 19.3. The van der Waals surface area contributed by atoms with E-state index in [0.29, 0.717) is 22.6 Å². The minimum atomic E-state index is -3.77. The van der Waals surface area contributed by atoms with Gasteiger partial charge in [0.05, 0.1) is 14.2 Å². The molecule has 2 aromatic rings. The lowest BCUT2D eigenvalue weighted by Gasteiger charge is -2.22. The molecule has 26 heavy (non-hydrogen) atoms. The molecule has 0 spiro atoms. The molecule has 142 valence electrons. The lowest BCUT2D eigenvalue weighted by Crippen LogP contribution is -2.30. The van der Waals surface area contributed by atoms with Crippen LogP contribution >= 0.6 is 15.9 Å². The topological polar surface area (TPSA) is 64.6 Å². The third-order valence-corrected chi connectivity index (χ3v) is 5.92. The second-order valence-electron chi connectivity index (χ2n) is 6.37. The SMILES string of the molecule is COc1ccc([C@H](CC(C)C)NS(=O)(=O)c2cc(Br)ccc2OC)cc1. The van der Waals surface area contributed by atoms with Crippen molar-refractivity contribution in [1.29, 1.82) is 0 Å². The van der Waals surface area contributed by atoms with Crippen LogP contribution < -0.4 is 14.2 Å². The summed E-state index contributed by atoms with van der Waals surface area (Å²) in [6.45, 7) is 4.12. The van der Waals surface area contributed by atoms with Gasteiger partial charge in [0.15, 0.2) is 0 Å². The van der Waals surface area contributed by atoms with E-state index >= 15 is 0 Å². The van der Waals surface area contributed by atoms with Crippen LogP contribution in [0.5, 0.6) is 11.5 Å². The number of hydrogen-bond acceptors (Lipinski definition) is 4. The standard InChI is InChI=1S/C19H24BrNO4S/c1-13(2)11-17(14-5-8-16(24-3)9-6-14)21-26(22,23)19-12-15(20)7-10-18(19)25-4/h5-10,12-13,17,21H,11H2,1-4H3/t17-/m0/s1. The minimum absolute atomic E-state index is 0.108. The van der Waals surface area contributed by atoms with Gasteiger partial charge in [-0.15, -0.1) is 0 Å². The molecule has 0 heterocycles. The molecule has 0 aliphatic rings. The van der Waals surface area contributed by atoms with Crippen molar-refractivity contribution in [3.8, 4) is 11.5 Å². The van der Waals surface area contributed by atoms with E-state index in [9.17, 15) is 8.42 Å². The Bertz CT molecular complexity index is 835. The van der Waals surface area contributed by atoms with E-state index in [0.717, 1.165) is 11.3 Å². The van der Waals surface area contributed by atoms with E-state index in [1.165, 1.54) is 7.11 Å². The van der Waals surface area contributed by atoms with Crippen LogP contribution in [-0.4, -0.2) is 22.6 Å². The average Bonchev–Trinajstić information content (AvgIpc) is 2.60. The Labute approximate surface area is 163 Å². The Balaban J connectivity index is 2.39. The highest BCUT2D eigenvalue weighted by Gasteiger charge is 2.25. The molecule has 2 aromatic carbocycles. The molecule has 0 aliphatic heterocycles. The molecule has 0 aliphatic carbocycles. The highest BCUT2D eigenvalue weighted by molar-refractivity contribution is 9.10. The lowest BCUT2D eigenvalue weighted by atomic mass is 9.98. The van der Waals surface area contributed by atoms with E-state index in [2.05, 4.69) is 34.5 Å². The number of rotatable bonds is 8. The maximum Gasteiger partial charge on any atom is 0.244 e. The first-order chi connectivity index (χ1) is 12.3. The third-order valence-electron chi connectivity index (χ3n) is 3.94. The van der Waals surface area contributed by atoms with Crippen LogP contribution in [0.3, 0.4) is 0 Å². The van der Waals surface area contributed by atoms with E-state index in [-0.39, 0.29) is 10.9 Å². The monoisotopic (exact) mass is 441 g/mol. The summed E-state index contributed by atoms with van der Waals surface area (Å²) in [7, 11) is -0.715. The largest absolute Gasteiger partial charge is 0.497 e. The van der Waals surface area contributed by atoms with Gasteiger partial charge < -0.3 is 9.47 Å². The Hall–Kier alpha value is -1.57. The second kappa shape index (κ2) is 8.88. The Morgan fingerprint density at radius 3 is 2.23 bits per heavy atom. The van der Waals surface area contributed by atoms with Crippen molar-refractivity contribution in [2.45, 2.75) is 31.2 Å². The first kappa shape index (κ1) is 20.7. The van der Waals surface area contributed by atoms with Crippen molar-refractivity contribution in [1.82, 2.24) is 4.72 Å². The van der Waals surface area contributed by atoms with Crippen LogP contribution in [0.2, 0.25) is 0 Å². The van der Waals surface area contributed by atoms with Gasteiger partial charge in [-0.25, -0.2) is 13.1 Å². The van der Waals surface area contributed by atoms with Crippen molar-refractivity contribution in [3.05, 3.63) is 52.5 Å². The summed E-state index contributed by atoms with van der Waals surface area (Å²) >= 11 is 3.32. The number of nitrogens with one attached hydrogen (secondary N) is 1. The third kappa shape index (κ3) is 5.22. The number of sulfonamides is 1. The van der Waals surface area contributed by atoms with E-state index in [4.69, 9.17) is 9.47 Å². The normalized spacial score (nSPS) is 12.8. The Morgan fingerprint density at radius 1 is 1.04 bits per heavy atom. The van der Waals surface area contributed by atoms with Gasteiger partial charge in [-0.3, -0.25) is 0 Å². The van der Waals surface area contributed by atoms with Crippen LogP contribution in [0.4, 0.5) is 0 Å². The van der Waals surface area contributed by atoms with Crippen molar-refractivity contribution in [3.63, 3.8) is 0 Å². The fraction of sp³-hybridized carbons (Fsp3) is 0.368. The van der Waals surface area contributed by atoms with E-state index < -0.39 is 10.0 Å². The maximum absolute atomic E-state index is 13.0. The Kier molecular flexibility index (Phi) is 7.08. The summed E-state index contributed by atoms with van der Waals surface area (Å²) in [6, 6.07) is 12.0. The van der Waals surface area contributed by atoms with Crippen LogP contribution in [-0.2, 0) is 10.0 Å². The smallest absolute Gasteiger partial charge is 0.244 e. The fourth-order valence-corrected chi connectivity index (χ4v) is 4.62. The van der Waals surface area contributed by atoms with Gasteiger partial charge in [0.25, 0.3) is 0 Å². The van der Waals surface area contributed by atoms with Crippen LogP contribution in [0.25, 0.3) is 0 Å². The minimum Gasteiger partial charge on any atom is -0.497 e. The first-order valence-electron chi connectivity index (χ1n) is 8.26. The average molecular weight is 442 g/mol.